The fourth-order valence-corrected chi connectivity index (χ4v) is 2.85. The lowest BCUT2D eigenvalue weighted by molar-refractivity contribution is -0.137. The van der Waals surface area contributed by atoms with Gasteiger partial charge in [0.25, 0.3) is 0 Å². The number of carbonyl (C=O) groups excluding carboxylic acids is 1. The van der Waals surface area contributed by atoms with Crippen LogP contribution in [0, 0.1) is 0 Å². The number of methoxy groups -OCH3 is 1. The van der Waals surface area contributed by atoms with Crippen molar-refractivity contribution in [3.8, 4) is 11.5 Å². The molecule has 0 saturated carbocycles. The number of rotatable bonds is 4. The summed E-state index contributed by atoms with van der Waals surface area (Å²) < 4.78 is 49.2. The summed E-state index contributed by atoms with van der Waals surface area (Å²) in [6.45, 7) is 3.75. The second-order valence-electron chi connectivity index (χ2n) is 6.91. The van der Waals surface area contributed by atoms with Crippen LogP contribution in [0.2, 0.25) is 0 Å². The van der Waals surface area contributed by atoms with Crippen LogP contribution in [-0.2, 0) is 6.18 Å². The summed E-state index contributed by atoms with van der Waals surface area (Å²) in [6.07, 6.45) is 2.14. The second kappa shape index (κ2) is 7.19. The third-order valence-corrected chi connectivity index (χ3v) is 4.32. The van der Waals surface area contributed by atoms with E-state index in [0.717, 1.165) is 12.1 Å². The standard InChI is InChI=1S/C22H19F3O3/c1-21(2)13-12-17-19(27-3)11-9-16(20(17)28-21)18(26)10-6-14-4-7-15(8-5-14)22(23,24)25/h4-13H,1-3H3/b10-6+. The van der Waals surface area contributed by atoms with Crippen LogP contribution in [0.3, 0.4) is 0 Å². The van der Waals surface area contributed by atoms with Crippen LogP contribution in [0.4, 0.5) is 13.2 Å². The van der Waals surface area contributed by atoms with E-state index in [9.17, 15) is 18.0 Å². The van der Waals surface area contributed by atoms with Gasteiger partial charge in [0.15, 0.2) is 5.78 Å². The molecule has 1 aliphatic rings. The molecule has 0 aliphatic carbocycles. The molecule has 2 aromatic carbocycles. The lowest BCUT2D eigenvalue weighted by atomic mass is 9.97. The van der Waals surface area contributed by atoms with Gasteiger partial charge >= 0.3 is 6.18 Å². The molecule has 0 unspecified atom stereocenters. The Labute approximate surface area is 161 Å². The van der Waals surface area contributed by atoms with Crippen LogP contribution in [0.25, 0.3) is 12.2 Å². The molecule has 6 heteroatoms. The normalized spacial score (nSPS) is 15.2. The predicted molar refractivity (Wildman–Crippen MR) is 102 cm³/mol. The first-order valence-electron chi connectivity index (χ1n) is 8.60. The van der Waals surface area contributed by atoms with E-state index >= 15 is 0 Å². The first kappa shape index (κ1) is 19.7. The fraction of sp³-hybridized carbons (Fsp3) is 0.227. The van der Waals surface area contributed by atoms with Crippen molar-refractivity contribution in [2.45, 2.75) is 25.6 Å². The highest BCUT2D eigenvalue weighted by atomic mass is 19.4. The zero-order valence-electron chi connectivity index (χ0n) is 15.6. The Morgan fingerprint density at radius 2 is 1.79 bits per heavy atom. The topological polar surface area (TPSA) is 35.5 Å². The van der Waals surface area contributed by atoms with Gasteiger partial charge in [-0.1, -0.05) is 18.2 Å². The number of hydrogen-bond acceptors (Lipinski definition) is 3. The largest absolute Gasteiger partial charge is 0.496 e. The van der Waals surface area contributed by atoms with E-state index in [-0.39, 0.29) is 5.78 Å². The highest BCUT2D eigenvalue weighted by molar-refractivity contribution is 6.09. The first-order valence-corrected chi connectivity index (χ1v) is 8.60. The van der Waals surface area contributed by atoms with Gasteiger partial charge in [0, 0.05) is 0 Å². The van der Waals surface area contributed by atoms with Crippen molar-refractivity contribution in [2.75, 3.05) is 7.11 Å². The highest BCUT2D eigenvalue weighted by Crippen LogP contribution is 2.40. The number of allylic oxidation sites excluding steroid dienone is 1. The Morgan fingerprint density at radius 1 is 1.11 bits per heavy atom. The summed E-state index contributed by atoms with van der Waals surface area (Å²) in [4.78, 5) is 12.7. The molecule has 1 aliphatic heterocycles. The van der Waals surface area contributed by atoms with E-state index in [4.69, 9.17) is 9.47 Å². The van der Waals surface area contributed by atoms with Gasteiger partial charge in [-0.05, 0) is 61.9 Å². The zero-order chi connectivity index (χ0) is 20.5. The van der Waals surface area contributed by atoms with E-state index in [1.165, 1.54) is 31.4 Å². The molecule has 0 amide bonds. The molecule has 146 valence electrons. The SMILES string of the molecule is COc1ccc(C(=O)/C=C/c2ccc(C(F)(F)F)cc2)c2c1C=CC(C)(C)O2. The van der Waals surface area contributed by atoms with Crippen molar-refractivity contribution in [3.63, 3.8) is 0 Å². The molecule has 0 spiro atoms. The number of hydrogen-bond donors (Lipinski definition) is 0. The minimum absolute atomic E-state index is 0.315. The van der Waals surface area contributed by atoms with E-state index in [1.807, 2.05) is 26.0 Å². The van der Waals surface area contributed by atoms with E-state index in [2.05, 4.69) is 0 Å². The van der Waals surface area contributed by atoms with Gasteiger partial charge in [0.1, 0.15) is 17.1 Å². The van der Waals surface area contributed by atoms with Crippen LogP contribution >= 0.6 is 0 Å². The summed E-state index contributed by atoms with van der Waals surface area (Å²) in [6, 6.07) is 7.90. The molecule has 0 aromatic heterocycles. The molecule has 0 radical (unpaired) electrons. The molecule has 28 heavy (non-hydrogen) atoms. The summed E-state index contributed by atoms with van der Waals surface area (Å²) >= 11 is 0. The first-order chi connectivity index (χ1) is 13.1. The van der Waals surface area contributed by atoms with Gasteiger partial charge in [-0.2, -0.15) is 13.2 Å². The Hall–Kier alpha value is -3.02. The van der Waals surface area contributed by atoms with Crippen molar-refractivity contribution in [3.05, 3.63) is 70.8 Å². The molecule has 0 bridgehead atoms. The van der Waals surface area contributed by atoms with Crippen LogP contribution < -0.4 is 9.47 Å². The monoisotopic (exact) mass is 388 g/mol. The number of carbonyl (C=O) groups is 1. The second-order valence-corrected chi connectivity index (χ2v) is 6.91. The number of alkyl halides is 3. The van der Waals surface area contributed by atoms with Crippen molar-refractivity contribution in [1.29, 1.82) is 0 Å². The summed E-state index contributed by atoms with van der Waals surface area (Å²) in [7, 11) is 1.54. The zero-order valence-corrected chi connectivity index (χ0v) is 15.6. The average molecular weight is 388 g/mol. The van der Waals surface area contributed by atoms with Gasteiger partial charge in [0.05, 0.1) is 23.8 Å². The third-order valence-electron chi connectivity index (χ3n) is 4.32. The van der Waals surface area contributed by atoms with Crippen LogP contribution in [-0.4, -0.2) is 18.5 Å². The summed E-state index contributed by atoms with van der Waals surface area (Å²) in [5, 5.41) is 0. The Kier molecular flexibility index (Phi) is 5.06. The quantitative estimate of drug-likeness (QED) is 0.491. The number of ketones is 1. The fourth-order valence-electron chi connectivity index (χ4n) is 2.85. The average Bonchev–Trinajstić information content (AvgIpc) is 2.64. The lowest BCUT2D eigenvalue weighted by Gasteiger charge is -2.29. The number of halogens is 3. The highest BCUT2D eigenvalue weighted by Gasteiger charge is 2.30. The Morgan fingerprint density at radius 3 is 2.39 bits per heavy atom. The minimum Gasteiger partial charge on any atom is -0.496 e. The van der Waals surface area contributed by atoms with Crippen molar-refractivity contribution >= 4 is 17.9 Å². The van der Waals surface area contributed by atoms with Crippen LogP contribution in [0.15, 0.2) is 48.6 Å². The molecule has 0 fully saturated rings. The molecule has 0 saturated heterocycles. The Balaban J connectivity index is 1.89. The van der Waals surface area contributed by atoms with E-state index < -0.39 is 17.3 Å². The van der Waals surface area contributed by atoms with Gasteiger partial charge in [-0.3, -0.25) is 4.79 Å². The number of benzene rings is 2. The molecule has 0 N–H and O–H groups in total. The Bertz CT molecular complexity index is 952. The van der Waals surface area contributed by atoms with Gasteiger partial charge in [0.2, 0.25) is 0 Å². The number of ether oxygens (including phenoxy) is 2. The van der Waals surface area contributed by atoms with Gasteiger partial charge in [-0.25, -0.2) is 0 Å². The molecule has 1 heterocycles. The number of fused-ring (bicyclic) bond motifs is 1. The molecule has 2 aromatic rings. The molecule has 3 rings (SSSR count). The van der Waals surface area contributed by atoms with Crippen LogP contribution in [0.1, 0.15) is 40.9 Å². The minimum atomic E-state index is -4.39. The van der Waals surface area contributed by atoms with Gasteiger partial charge < -0.3 is 9.47 Å². The van der Waals surface area contributed by atoms with E-state index in [0.29, 0.717) is 28.2 Å². The molecule has 3 nitrogen and oxygen atoms in total. The maximum Gasteiger partial charge on any atom is 0.416 e. The maximum absolute atomic E-state index is 12.7. The smallest absolute Gasteiger partial charge is 0.416 e. The predicted octanol–water partition coefficient (Wildman–Crippen LogP) is 5.79. The van der Waals surface area contributed by atoms with Gasteiger partial charge in [-0.15, -0.1) is 0 Å². The molecule has 0 atom stereocenters. The van der Waals surface area contributed by atoms with Crippen molar-refractivity contribution in [2.24, 2.45) is 0 Å². The molecular weight excluding hydrogens is 369 g/mol. The van der Waals surface area contributed by atoms with Crippen LogP contribution in [0.5, 0.6) is 11.5 Å². The van der Waals surface area contributed by atoms with Crippen molar-refractivity contribution in [1.82, 2.24) is 0 Å². The van der Waals surface area contributed by atoms with Crippen molar-refractivity contribution < 1.29 is 27.4 Å². The molecular formula is C22H19F3O3. The summed E-state index contributed by atoms with van der Waals surface area (Å²) in [5.74, 6) is 0.698. The van der Waals surface area contributed by atoms with E-state index in [1.54, 1.807) is 12.1 Å². The third kappa shape index (κ3) is 4.11. The maximum atomic E-state index is 12.7. The summed E-state index contributed by atoms with van der Waals surface area (Å²) in [5.41, 5.74) is 0.213. The lowest BCUT2D eigenvalue weighted by Crippen LogP contribution is -2.28.